The van der Waals surface area contributed by atoms with Crippen LogP contribution in [0.4, 0.5) is 17.5 Å². The van der Waals surface area contributed by atoms with Crippen molar-refractivity contribution in [3.63, 3.8) is 0 Å². The largest absolute Gasteiger partial charge is 0.369 e. The second-order valence-electron chi connectivity index (χ2n) is 8.62. The van der Waals surface area contributed by atoms with Crippen LogP contribution in [-0.2, 0) is 26.6 Å². The fourth-order valence-electron chi connectivity index (χ4n) is 3.95. The Morgan fingerprint density at radius 3 is 2.58 bits per heavy atom. The van der Waals surface area contributed by atoms with Crippen LogP contribution in [0.3, 0.4) is 0 Å². The fraction of sp³-hybridized carbons (Fsp3) is 0.154. The molecule has 12 heteroatoms. The summed E-state index contributed by atoms with van der Waals surface area (Å²) in [5, 5.41) is 6.36. The van der Waals surface area contributed by atoms with Crippen LogP contribution < -0.4 is 20.1 Å². The minimum Gasteiger partial charge on any atom is -0.369 e. The molecule has 1 aliphatic rings. The summed E-state index contributed by atoms with van der Waals surface area (Å²) in [5.74, 6) is 0.882. The van der Waals surface area contributed by atoms with Gasteiger partial charge in [-0.25, -0.2) is 31.3 Å². The van der Waals surface area contributed by atoms with E-state index in [-0.39, 0.29) is 22.9 Å². The topological polar surface area (TPSA) is 142 Å². The van der Waals surface area contributed by atoms with Gasteiger partial charge >= 0.3 is 0 Å². The van der Waals surface area contributed by atoms with Crippen molar-refractivity contribution in [3.05, 3.63) is 90.6 Å². The highest BCUT2D eigenvalue weighted by Gasteiger charge is 2.17. The average Bonchev–Trinajstić information content (AvgIpc) is 2.93. The van der Waals surface area contributed by atoms with Gasteiger partial charge in [0.2, 0.25) is 26.0 Å². The average molecular weight is 551 g/mol. The van der Waals surface area contributed by atoms with Gasteiger partial charge in [0.15, 0.2) is 0 Å². The summed E-state index contributed by atoms with van der Waals surface area (Å²) in [6.07, 6.45) is 2.22. The summed E-state index contributed by atoms with van der Waals surface area (Å²) in [6, 6.07) is 22.2. The highest BCUT2D eigenvalue weighted by molar-refractivity contribution is 7.89. The molecule has 38 heavy (non-hydrogen) atoms. The molecule has 4 N–H and O–H groups in total. The van der Waals surface area contributed by atoms with E-state index in [9.17, 15) is 16.8 Å². The van der Waals surface area contributed by atoms with Crippen molar-refractivity contribution >= 4 is 37.5 Å². The number of hydrogen-bond acceptors (Lipinski definition) is 8. The van der Waals surface area contributed by atoms with Gasteiger partial charge in [0.05, 0.1) is 9.79 Å². The van der Waals surface area contributed by atoms with Crippen LogP contribution in [0.1, 0.15) is 12.0 Å². The van der Waals surface area contributed by atoms with Gasteiger partial charge in [-0.3, -0.25) is 0 Å². The van der Waals surface area contributed by atoms with Gasteiger partial charge in [-0.2, -0.15) is 4.98 Å². The molecular formula is C26H26N6O4S2. The smallest absolute Gasteiger partial charge is 0.240 e. The van der Waals surface area contributed by atoms with Gasteiger partial charge in [0.1, 0.15) is 5.82 Å². The molecule has 0 radical (unpaired) electrons. The van der Waals surface area contributed by atoms with Crippen LogP contribution in [0.15, 0.2) is 94.9 Å². The monoisotopic (exact) mass is 550 g/mol. The summed E-state index contributed by atoms with van der Waals surface area (Å²) in [4.78, 5) is 9.45. The van der Waals surface area contributed by atoms with Crippen LogP contribution in [0, 0.1) is 0 Å². The molecule has 3 aromatic carbocycles. The van der Waals surface area contributed by atoms with E-state index in [1.807, 2.05) is 24.3 Å². The predicted octanol–water partition coefficient (Wildman–Crippen LogP) is 3.46. The van der Waals surface area contributed by atoms with Gasteiger partial charge in [-0.1, -0.05) is 42.5 Å². The molecule has 1 aromatic heterocycles. The zero-order valence-corrected chi connectivity index (χ0v) is 21.9. The summed E-state index contributed by atoms with van der Waals surface area (Å²) in [5.41, 5.74) is 2.85. The standard InChI is InChI=1S/C26H26N6O4S2/c33-37(34,22-10-2-1-3-11-22)30-17-19-7-4-8-20(15-19)24-18-28-26-31-21-9-5-12-23(16-21)38(35,36)29-14-6-13-27-25(24)32-26/h1-5,7-12,15-16,18,29-30H,6,13-14,17H2,(H2,27,28,31,32). The second-order valence-corrected chi connectivity index (χ2v) is 12.2. The molecule has 0 aliphatic carbocycles. The molecule has 0 amide bonds. The molecule has 0 saturated heterocycles. The maximum atomic E-state index is 12.6. The van der Waals surface area contributed by atoms with Crippen molar-refractivity contribution in [1.29, 1.82) is 0 Å². The van der Waals surface area contributed by atoms with E-state index in [1.54, 1.807) is 48.7 Å². The van der Waals surface area contributed by atoms with E-state index < -0.39 is 20.0 Å². The van der Waals surface area contributed by atoms with E-state index in [0.29, 0.717) is 30.4 Å². The maximum absolute atomic E-state index is 12.6. The molecule has 5 rings (SSSR count). The highest BCUT2D eigenvalue weighted by Crippen LogP contribution is 2.29. The van der Waals surface area contributed by atoms with Crippen molar-refractivity contribution in [1.82, 2.24) is 19.4 Å². The molecule has 10 nitrogen and oxygen atoms in total. The van der Waals surface area contributed by atoms with Crippen LogP contribution in [0.25, 0.3) is 11.1 Å². The Bertz CT molecular complexity index is 1660. The first-order valence-electron chi connectivity index (χ1n) is 11.9. The first-order chi connectivity index (χ1) is 18.3. The van der Waals surface area contributed by atoms with Crippen molar-refractivity contribution in [2.24, 2.45) is 0 Å². The number of rotatable bonds is 5. The molecule has 0 saturated carbocycles. The van der Waals surface area contributed by atoms with Gasteiger partial charge in [0, 0.05) is 37.1 Å². The molecule has 0 spiro atoms. The highest BCUT2D eigenvalue weighted by atomic mass is 32.2. The Morgan fingerprint density at radius 2 is 1.74 bits per heavy atom. The Labute approximate surface area is 221 Å². The summed E-state index contributed by atoms with van der Waals surface area (Å²) in [7, 11) is -7.28. The quantitative estimate of drug-likeness (QED) is 0.296. The lowest BCUT2D eigenvalue weighted by molar-refractivity contribution is 0.579. The number of sulfonamides is 2. The zero-order chi connectivity index (χ0) is 26.6. The third kappa shape index (κ3) is 6.00. The van der Waals surface area contributed by atoms with Crippen molar-refractivity contribution < 1.29 is 16.8 Å². The minimum absolute atomic E-state index is 0.116. The van der Waals surface area contributed by atoms with E-state index in [4.69, 9.17) is 0 Å². The predicted molar refractivity (Wildman–Crippen MR) is 146 cm³/mol. The summed E-state index contributed by atoms with van der Waals surface area (Å²) < 4.78 is 55.7. The Balaban J connectivity index is 1.41. The normalized spacial score (nSPS) is 15.2. The second kappa shape index (κ2) is 10.9. The molecular weight excluding hydrogens is 524 g/mol. The van der Waals surface area contributed by atoms with Crippen LogP contribution in [0.2, 0.25) is 0 Å². The van der Waals surface area contributed by atoms with Crippen molar-refractivity contribution in [2.75, 3.05) is 23.7 Å². The van der Waals surface area contributed by atoms with Crippen molar-refractivity contribution in [2.45, 2.75) is 22.8 Å². The van der Waals surface area contributed by atoms with E-state index in [2.05, 4.69) is 30.0 Å². The van der Waals surface area contributed by atoms with Crippen molar-refractivity contribution in [3.8, 4) is 11.1 Å². The number of benzene rings is 3. The molecule has 0 fully saturated rings. The van der Waals surface area contributed by atoms with Gasteiger partial charge in [-0.15, -0.1) is 0 Å². The first kappa shape index (κ1) is 25.8. The summed E-state index contributed by atoms with van der Waals surface area (Å²) in [6.45, 7) is 0.849. The minimum atomic E-state index is -3.65. The third-order valence-corrected chi connectivity index (χ3v) is 8.76. The molecule has 0 unspecified atom stereocenters. The van der Waals surface area contributed by atoms with Gasteiger partial charge in [-0.05, 0) is 53.9 Å². The van der Waals surface area contributed by atoms with Gasteiger partial charge < -0.3 is 10.6 Å². The lowest BCUT2D eigenvalue weighted by Gasteiger charge is -2.14. The maximum Gasteiger partial charge on any atom is 0.240 e. The molecule has 4 bridgehead atoms. The number of anilines is 3. The summed E-state index contributed by atoms with van der Waals surface area (Å²) >= 11 is 0. The Morgan fingerprint density at radius 1 is 0.921 bits per heavy atom. The number of nitrogens with zero attached hydrogens (tertiary/aromatic N) is 2. The molecule has 0 atom stereocenters. The molecule has 1 aliphatic heterocycles. The number of fused-ring (bicyclic) bond motifs is 4. The number of aromatic nitrogens is 2. The van der Waals surface area contributed by atoms with Crippen LogP contribution in [0.5, 0.6) is 0 Å². The first-order valence-corrected chi connectivity index (χ1v) is 14.9. The van der Waals surface area contributed by atoms with E-state index >= 15 is 0 Å². The SMILES string of the molecule is O=S1(=O)NCCCNc2nc(ncc2-c2cccc(CNS(=O)(=O)c3ccccc3)c2)Nc2cccc1c2. The Kier molecular flexibility index (Phi) is 7.38. The van der Waals surface area contributed by atoms with Crippen LogP contribution >= 0.6 is 0 Å². The zero-order valence-electron chi connectivity index (χ0n) is 20.3. The Hall–Kier alpha value is -3.84. The lowest BCUT2D eigenvalue weighted by Crippen LogP contribution is -2.26. The molecule has 4 aromatic rings. The van der Waals surface area contributed by atoms with E-state index in [0.717, 1.165) is 16.7 Å². The molecule has 2 heterocycles. The van der Waals surface area contributed by atoms with E-state index in [1.165, 1.54) is 12.1 Å². The number of hydrogen-bond donors (Lipinski definition) is 4. The molecule has 196 valence electrons. The lowest BCUT2D eigenvalue weighted by atomic mass is 10.0. The number of nitrogens with one attached hydrogen (secondary N) is 4. The van der Waals surface area contributed by atoms with Gasteiger partial charge in [0.25, 0.3) is 0 Å². The van der Waals surface area contributed by atoms with Crippen LogP contribution in [-0.4, -0.2) is 39.9 Å². The fourth-order valence-corrected chi connectivity index (χ4v) is 6.11. The third-order valence-electron chi connectivity index (χ3n) is 5.89.